The van der Waals surface area contributed by atoms with Gasteiger partial charge in [0.2, 0.25) is 0 Å². The molecule has 0 spiro atoms. The molecule has 5 heteroatoms. The molecule has 1 aliphatic carbocycles. The van der Waals surface area contributed by atoms with Crippen molar-refractivity contribution in [1.29, 1.82) is 0 Å². The maximum atomic E-state index is 4.82. The summed E-state index contributed by atoms with van der Waals surface area (Å²) in [7, 11) is 2.01. The van der Waals surface area contributed by atoms with E-state index in [-0.39, 0.29) is 6.04 Å². The van der Waals surface area contributed by atoms with Crippen molar-refractivity contribution in [3.05, 3.63) is 35.9 Å². The number of hydrogen-bond acceptors (Lipinski definition) is 4. The topological polar surface area (TPSA) is 24.9 Å². The number of thiophene rings is 1. The summed E-state index contributed by atoms with van der Waals surface area (Å²) in [6, 6.07) is 2.46. The fourth-order valence-corrected chi connectivity index (χ4v) is 5.38. The van der Waals surface area contributed by atoms with Crippen molar-refractivity contribution in [3.63, 3.8) is 0 Å². The van der Waals surface area contributed by atoms with Crippen LogP contribution in [0.3, 0.4) is 0 Å². The van der Waals surface area contributed by atoms with Gasteiger partial charge < -0.3 is 5.32 Å². The number of halogens is 1. The molecular formula is C13H15BrN2S2. The molecule has 1 N–H and O–H groups in total. The third kappa shape index (κ3) is 2.18. The first-order chi connectivity index (χ1) is 8.69. The van der Waals surface area contributed by atoms with Crippen LogP contribution in [0.5, 0.6) is 0 Å². The van der Waals surface area contributed by atoms with Crippen LogP contribution >= 0.6 is 38.6 Å². The number of rotatable bonds is 3. The average molecular weight is 343 g/mol. The Balaban J connectivity index is 1.96. The van der Waals surface area contributed by atoms with Gasteiger partial charge >= 0.3 is 0 Å². The molecule has 0 saturated heterocycles. The van der Waals surface area contributed by atoms with E-state index in [2.05, 4.69) is 34.2 Å². The Morgan fingerprint density at radius 1 is 1.39 bits per heavy atom. The first-order valence-electron chi connectivity index (χ1n) is 6.10. The minimum absolute atomic E-state index is 0.246. The zero-order chi connectivity index (χ0) is 12.7. The van der Waals surface area contributed by atoms with Gasteiger partial charge in [-0.15, -0.1) is 22.7 Å². The molecule has 2 heterocycles. The number of hydrogen-bond donors (Lipinski definition) is 1. The predicted octanol–water partition coefficient (Wildman–Crippen LogP) is 4.07. The van der Waals surface area contributed by atoms with Gasteiger partial charge in [-0.25, -0.2) is 4.98 Å². The molecule has 2 aromatic heterocycles. The van der Waals surface area contributed by atoms with Crippen molar-refractivity contribution in [2.75, 3.05) is 7.05 Å². The number of nitrogens with zero attached hydrogens (tertiary/aromatic N) is 1. The average Bonchev–Trinajstić information content (AvgIpc) is 2.96. The lowest BCUT2D eigenvalue weighted by Gasteiger charge is -2.11. The smallest absolute Gasteiger partial charge is 0.115 e. The number of thiazole rings is 1. The highest BCUT2D eigenvalue weighted by molar-refractivity contribution is 9.10. The van der Waals surface area contributed by atoms with Gasteiger partial charge in [0.15, 0.2) is 0 Å². The number of nitrogens with one attached hydrogen (secondary N) is 1. The molecule has 96 valence electrons. The van der Waals surface area contributed by atoms with Gasteiger partial charge in [0.1, 0.15) is 5.01 Å². The van der Waals surface area contributed by atoms with Crippen LogP contribution in [0.4, 0.5) is 0 Å². The summed E-state index contributed by atoms with van der Waals surface area (Å²) in [5, 5.41) is 4.62. The maximum Gasteiger partial charge on any atom is 0.115 e. The van der Waals surface area contributed by atoms with Crippen LogP contribution in [0.15, 0.2) is 10.5 Å². The Kier molecular flexibility index (Phi) is 3.58. The SMILES string of the molecule is CNC(c1cc(Br)c(C)s1)c1nc2c(s1)CCC2. The standard InChI is InChI=1S/C13H15BrN2S2/c1-7-8(14)6-11(17-7)12(15-2)13-16-9-4-3-5-10(9)18-13/h6,12,15H,3-5H2,1-2H3. The molecular weight excluding hydrogens is 328 g/mol. The van der Waals surface area contributed by atoms with Gasteiger partial charge in [-0.2, -0.15) is 0 Å². The van der Waals surface area contributed by atoms with Gasteiger partial charge in [-0.3, -0.25) is 0 Å². The summed E-state index contributed by atoms with van der Waals surface area (Å²) < 4.78 is 1.20. The molecule has 0 radical (unpaired) electrons. The van der Waals surface area contributed by atoms with Crippen LogP contribution in [0.2, 0.25) is 0 Å². The molecule has 1 unspecified atom stereocenters. The van der Waals surface area contributed by atoms with E-state index in [0.29, 0.717) is 0 Å². The van der Waals surface area contributed by atoms with Crippen LogP contribution in [-0.2, 0) is 12.8 Å². The summed E-state index contributed by atoms with van der Waals surface area (Å²) in [5.41, 5.74) is 1.34. The molecule has 0 aromatic carbocycles. The van der Waals surface area contributed by atoms with Gasteiger partial charge in [-0.1, -0.05) is 0 Å². The molecule has 18 heavy (non-hydrogen) atoms. The Morgan fingerprint density at radius 3 is 2.83 bits per heavy atom. The number of fused-ring (bicyclic) bond motifs is 1. The summed E-state index contributed by atoms with van der Waals surface area (Å²) in [4.78, 5) is 8.99. The largest absolute Gasteiger partial charge is 0.307 e. The van der Waals surface area contributed by atoms with E-state index in [1.54, 1.807) is 0 Å². The van der Waals surface area contributed by atoms with Crippen molar-refractivity contribution in [2.45, 2.75) is 32.2 Å². The van der Waals surface area contributed by atoms with E-state index in [4.69, 9.17) is 4.98 Å². The van der Waals surface area contributed by atoms with Crippen LogP contribution in [0.25, 0.3) is 0 Å². The normalized spacial score (nSPS) is 15.9. The van der Waals surface area contributed by atoms with Crippen molar-refractivity contribution < 1.29 is 0 Å². The number of aryl methyl sites for hydroxylation is 3. The van der Waals surface area contributed by atoms with Gasteiger partial charge in [0.25, 0.3) is 0 Å². The molecule has 3 rings (SSSR count). The second-order valence-corrected chi connectivity index (χ2v) is 7.81. The zero-order valence-corrected chi connectivity index (χ0v) is 13.6. The van der Waals surface area contributed by atoms with Gasteiger partial charge in [-0.05, 0) is 55.2 Å². The van der Waals surface area contributed by atoms with Crippen molar-refractivity contribution >= 4 is 38.6 Å². The Labute approximate surface area is 124 Å². The van der Waals surface area contributed by atoms with Crippen molar-refractivity contribution in [3.8, 4) is 0 Å². The first-order valence-corrected chi connectivity index (χ1v) is 8.53. The van der Waals surface area contributed by atoms with E-state index < -0.39 is 0 Å². The number of aromatic nitrogens is 1. The van der Waals surface area contributed by atoms with Crippen LogP contribution < -0.4 is 5.32 Å². The van der Waals surface area contributed by atoms with Gasteiger partial charge in [0.05, 0.1) is 11.7 Å². The Bertz CT molecular complexity index is 533. The second kappa shape index (κ2) is 5.04. The highest BCUT2D eigenvalue weighted by Gasteiger charge is 2.23. The summed E-state index contributed by atoms with van der Waals surface area (Å²) >= 11 is 7.32. The quantitative estimate of drug-likeness (QED) is 0.909. The highest BCUT2D eigenvalue weighted by Crippen LogP contribution is 2.37. The molecule has 2 nitrogen and oxygen atoms in total. The predicted molar refractivity (Wildman–Crippen MR) is 81.8 cm³/mol. The molecule has 0 fully saturated rings. The van der Waals surface area contributed by atoms with Crippen molar-refractivity contribution in [2.24, 2.45) is 0 Å². The lowest BCUT2D eigenvalue weighted by atomic mass is 10.2. The minimum Gasteiger partial charge on any atom is -0.307 e. The summed E-state index contributed by atoms with van der Waals surface area (Å²) in [6.45, 7) is 2.15. The molecule has 2 aromatic rings. The fraction of sp³-hybridized carbons (Fsp3) is 0.462. The van der Waals surface area contributed by atoms with Crippen LogP contribution in [0.1, 0.15) is 37.8 Å². The third-order valence-electron chi connectivity index (χ3n) is 3.31. The molecule has 0 amide bonds. The van der Waals surface area contributed by atoms with E-state index in [1.807, 2.05) is 29.7 Å². The van der Waals surface area contributed by atoms with Crippen molar-refractivity contribution in [1.82, 2.24) is 10.3 Å². The lowest BCUT2D eigenvalue weighted by Crippen LogP contribution is -2.16. The fourth-order valence-electron chi connectivity index (χ4n) is 2.35. The molecule has 0 aliphatic heterocycles. The summed E-state index contributed by atoms with van der Waals surface area (Å²) in [6.07, 6.45) is 3.66. The molecule has 1 atom stereocenters. The van der Waals surface area contributed by atoms with E-state index in [9.17, 15) is 0 Å². The third-order valence-corrected chi connectivity index (χ3v) is 6.73. The van der Waals surface area contributed by atoms with E-state index in [1.165, 1.54) is 42.6 Å². The lowest BCUT2D eigenvalue weighted by molar-refractivity contribution is 0.694. The van der Waals surface area contributed by atoms with Crippen LogP contribution in [-0.4, -0.2) is 12.0 Å². The van der Waals surface area contributed by atoms with Crippen LogP contribution in [0, 0.1) is 6.92 Å². The first kappa shape index (κ1) is 12.8. The maximum absolute atomic E-state index is 4.82. The Morgan fingerprint density at radius 2 is 2.22 bits per heavy atom. The monoisotopic (exact) mass is 342 g/mol. The zero-order valence-electron chi connectivity index (χ0n) is 10.4. The van der Waals surface area contributed by atoms with E-state index >= 15 is 0 Å². The molecule has 0 bridgehead atoms. The molecule has 1 aliphatic rings. The molecule has 0 saturated carbocycles. The second-order valence-electron chi connectivity index (χ2n) is 4.55. The highest BCUT2D eigenvalue weighted by atomic mass is 79.9. The van der Waals surface area contributed by atoms with E-state index in [0.717, 1.165) is 6.42 Å². The van der Waals surface area contributed by atoms with Gasteiger partial charge in [0, 0.05) is 19.1 Å². The minimum atomic E-state index is 0.246. The summed E-state index contributed by atoms with van der Waals surface area (Å²) in [5.74, 6) is 0. The Hall–Kier alpha value is -0.230.